The predicted octanol–water partition coefficient (Wildman–Crippen LogP) is 2.74. The van der Waals surface area contributed by atoms with E-state index in [0.717, 1.165) is 0 Å². The van der Waals surface area contributed by atoms with Gasteiger partial charge in [-0.2, -0.15) is 0 Å². The van der Waals surface area contributed by atoms with E-state index in [1.807, 2.05) is 13.8 Å². The van der Waals surface area contributed by atoms with Crippen molar-refractivity contribution in [2.24, 2.45) is 5.92 Å². The van der Waals surface area contributed by atoms with Gasteiger partial charge in [0.2, 0.25) is 5.76 Å². The summed E-state index contributed by atoms with van der Waals surface area (Å²) in [5.41, 5.74) is 0.759. The smallest absolute Gasteiger partial charge is 0.375 e. The van der Waals surface area contributed by atoms with Crippen molar-refractivity contribution in [3.05, 3.63) is 35.3 Å². The average Bonchev–Trinajstić information content (AvgIpc) is 2.94. The van der Waals surface area contributed by atoms with Crippen molar-refractivity contribution in [2.75, 3.05) is 13.7 Å². The first-order chi connectivity index (χ1) is 12.7. The largest absolute Gasteiger partial charge is 0.467 e. The van der Waals surface area contributed by atoms with Crippen molar-refractivity contribution in [1.29, 1.82) is 0 Å². The Bertz CT molecular complexity index is 857. The molecule has 2 rings (SSSR count). The van der Waals surface area contributed by atoms with Crippen LogP contribution in [0.1, 0.15) is 36.4 Å². The molecule has 0 aliphatic heterocycles. The molecule has 0 unspecified atom stereocenters. The van der Waals surface area contributed by atoms with Crippen LogP contribution in [0.25, 0.3) is 11.0 Å². The Labute approximate surface area is 155 Å². The summed E-state index contributed by atoms with van der Waals surface area (Å²) in [6.45, 7) is 4.80. The number of hydrogen-bond donors (Lipinski definition) is 1. The topological polar surface area (TPSA) is 94.8 Å². The lowest BCUT2D eigenvalue weighted by molar-refractivity contribution is -0.145. The van der Waals surface area contributed by atoms with Crippen LogP contribution in [-0.4, -0.2) is 37.6 Å². The summed E-state index contributed by atoms with van der Waals surface area (Å²) in [4.78, 5) is 35.9. The van der Waals surface area contributed by atoms with Gasteiger partial charge >= 0.3 is 11.9 Å². The van der Waals surface area contributed by atoms with E-state index < -0.39 is 36.3 Å². The normalized spacial score (nSPS) is 12.1. The summed E-state index contributed by atoms with van der Waals surface area (Å²) in [5, 5.41) is 2.94. The number of halogens is 1. The minimum atomic E-state index is -0.849. The summed E-state index contributed by atoms with van der Waals surface area (Å²) in [6, 6.07) is 3.06. The fraction of sp³-hybridized carbons (Fsp3) is 0.421. The van der Waals surface area contributed by atoms with Gasteiger partial charge < -0.3 is 19.2 Å². The molecule has 27 heavy (non-hydrogen) atoms. The molecule has 1 aromatic carbocycles. The third-order valence-electron chi connectivity index (χ3n) is 3.95. The number of nitrogens with one attached hydrogen (secondary N) is 1. The molecule has 0 fully saturated rings. The zero-order chi connectivity index (χ0) is 20.1. The fourth-order valence-electron chi connectivity index (χ4n) is 2.65. The first kappa shape index (κ1) is 20.4. The summed E-state index contributed by atoms with van der Waals surface area (Å²) in [6.07, 6.45) is 0.389. The quantitative estimate of drug-likeness (QED) is 0.744. The monoisotopic (exact) mass is 379 g/mol. The Hall–Kier alpha value is -2.90. The van der Waals surface area contributed by atoms with Gasteiger partial charge in [-0.15, -0.1) is 0 Å². The molecule has 0 aliphatic carbocycles. The van der Waals surface area contributed by atoms with Gasteiger partial charge in [0, 0.05) is 10.9 Å². The summed E-state index contributed by atoms with van der Waals surface area (Å²) in [7, 11) is 1.23. The van der Waals surface area contributed by atoms with Crippen LogP contribution in [0, 0.1) is 18.7 Å². The third kappa shape index (κ3) is 5.06. The molecule has 146 valence electrons. The van der Waals surface area contributed by atoms with Crippen LogP contribution in [0.3, 0.4) is 0 Å². The Morgan fingerprint density at radius 1 is 1.26 bits per heavy atom. The van der Waals surface area contributed by atoms with E-state index >= 15 is 0 Å². The number of benzene rings is 1. The molecule has 1 N–H and O–H groups in total. The number of carbonyl (C=O) groups is 3. The van der Waals surface area contributed by atoms with Crippen molar-refractivity contribution >= 4 is 28.8 Å². The second-order valence-corrected chi connectivity index (χ2v) is 6.55. The van der Waals surface area contributed by atoms with Gasteiger partial charge in [-0.05, 0) is 37.5 Å². The van der Waals surface area contributed by atoms with Crippen molar-refractivity contribution in [2.45, 2.75) is 33.2 Å². The molecule has 8 heteroatoms. The van der Waals surface area contributed by atoms with Gasteiger partial charge in [0.25, 0.3) is 5.91 Å². The van der Waals surface area contributed by atoms with Crippen LogP contribution in [0.15, 0.2) is 22.6 Å². The number of rotatable bonds is 7. The summed E-state index contributed by atoms with van der Waals surface area (Å²) in [5.74, 6) is -2.47. The molecule has 7 nitrogen and oxygen atoms in total. The molecule has 2 aromatic rings. The van der Waals surface area contributed by atoms with Gasteiger partial charge in [0.05, 0.1) is 7.11 Å². The third-order valence-corrected chi connectivity index (χ3v) is 3.95. The maximum atomic E-state index is 13.3. The van der Waals surface area contributed by atoms with Gasteiger partial charge in [-0.25, -0.2) is 14.0 Å². The average molecular weight is 379 g/mol. The summed E-state index contributed by atoms with van der Waals surface area (Å²) < 4.78 is 28.3. The maximum absolute atomic E-state index is 13.3. The molecule has 1 amide bonds. The van der Waals surface area contributed by atoms with E-state index in [2.05, 4.69) is 10.1 Å². The van der Waals surface area contributed by atoms with Gasteiger partial charge in [-0.3, -0.25) is 4.79 Å². The number of esters is 2. The van der Waals surface area contributed by atoms with Crippen LogP contribution in [-0.2, 0) is 19.1 Å². The lowest BCUT2D eigenvalue weighted by Gasteiger charge is -2.18. The highest BCUT2D eigenvalue weighted by Crippen LogP contribution is 2.26. The number of ether oxygens (including phenoxy) is 2. The van der Waals surface area contributed by atoms with E-state index in [1.165, 1.54) is 25.3 Å². The molecule has 0 aliphatic rings. The Morgan fingerprint density at radius 3 is 2.59 bits per heavy atom. The lowest BCUT2D eigenvalue weighted by atomic mass is 10.0. The molecule has 1 atom stereocenters. The van der Waals surface area contributed by atoms with Crippen molar-refractivity contribution in [3.63, 3.8) is 0 Å². The van der Waals surface area contributed by atoms with E-state index in [0.29, 0.717) is 23.0 Å². The highest BCUT2D eigenvalue weighted by atomic mass is 19.1. The lowest BCUT2D eigenvalue weighted by Crippen LogP contribution is -2.44. The molecule has 0 saturated carbocycles. The van der Waals surface area contributed by atoms with Crippen LogP contribution >= 0.6 is 0 Å². The number of methoxy groups -OCH3 is 1. The number of furan rings is 1. The minimum Gasteiger partial charge on any atom is -0.467 e. The van der Waals surface area contributed by atoms with E-state index in [-0.39, 0.29) is 11.7 Å². The summed E-state index contributed by atoms with van der Waals surface area (Å²) >= 11 is 0. The highest BCUT2D eigenvalue weighted by molar-refractivity contribution is 5.97. The first-order valence-corrected chi connectivity index (χ1v) is 8.45. The van der Waals surface area contributed by atoms with Crippen molar-refractivity contribution in [3.8, 4) is 0 Å². The molecule has 1 aromatic heterocycles. The zero-order valence-electron chi connectivity index (χ0n) is 15.6. The Balaban J connectivity index is 2.01. The molecule has 0 radical (unpaired) electrons. The van der Waals surface area contributed by atoms with Gasteiger partial charge in [0.1, 0.15) is 17.4 Å². The van der Waals surface area contributed by atoms with Crippen molar-refractivity contribution < 1.29 is 32.7 Å². The molecular weight excluding hydrogens is 357 g/mol. The molecular formula is C19H22FNO6. The van der Waals surface area contributed by atoms with Gasteiger partial charge in [-0.1, -0.05) is 13.8 Å². The van der Waals surface area contributed by atoms with Crippen LogP contribution < -0.4 is 5.32 Å². The molecule has 0 spiro atoms. The first-order valence-electron chi connectivity index (χ1n) is 8.45. The van der Waals surface area contributed by atoms with Crippen LogP contribution in [0.5, 0.6) is 0 Å². The molecule has 1 heterocycles. The number of hydrogen-bond acceptors (Lipinski definition) is 6. The maximum Gasteiger partial charge on any atom is 0.375 e. The van der Waals surface area contributed by atoms with Gasteiger partial charge in [0.15, 0.2) is 6.61 Å². The Morgan fingerprint density at radius 2 is 1.96 bits per heavy atom. The number of amides is 1. The number of aryl methyl sites for hydroxylation is 1. The molecule has 0 saturated heterocycles. The zero-order valence-corrected chi connectivity index (χ0v) is 15.6. The van der Waals surface area contributed by atoms with Crippen molar-refractivity contribution in [1.82, 2.24) is 5.32 Å². The highest BCUT2D eigenvalue weighted by Gasteiger charge is 2.24. The second kappa shape index (κ2) is 8.66. The predicted molar refractivity (Wildman–Crippen MR) is 94.6 cm³/mol. The van der Waals surface area contributed by atoms with E-state index in [1.54, 1.807) is 6.92 Å². The SMILES string of the molecule is COC(=O)[C@@H](CC(C)C)NC(=O)COC(=O)c1oc2ccc(F)cc2c1C. The fourth-order valence-corrected chi connectivity index (χ4v) is 2.65. The second-order valence-electron chi connectivity index (χ2n) is 6.55. The van der Waals surface area contributed by atoms with E-state index in [4.69, 9.17) is 9.15 Å². The van der Waals surface area contributed by atoms with Crippen LogP contribution in [0.2, 0.25) is 0 Å². The van der Waals surface area contributed by atoms with E-state index in [9.17, 15) is 18.8 Å². The standard InChI is InChI=1S/C19H22FNO6/c1-10(2)7-14(18(23)25-4)21-16(22)9-26-19(24)17-11(3)13-8-12(20)5-6-15(13)27-17/h5-6,8,10,14H,7,9H2,1-4H3,(H,21,22)/t14-/m1/s1. The number of fused-ring (bicyclic) bond motifs is 1. The molecule has 0 bridgehead atoms. The number of carbonyl (C=O) groups excluding carboxylic acids is 3. The minimum absolute atomic E-state index is 0.102. The Kier molecular flexibility index (Phi) is 6.55. The van der Waals surface area contributed by atoms with Crippen LogP contribution in [0.4, 0.5) is 4.39 Å².